The molecule has 0 aromatic heterocycles. The van der Waals surface area contributed by atoms with Crippen molar-refractivity contribution in [3.63, 3.8) is 0 Å². The molecule has 1 unspecified atom stereocenters. The van der Waals surface area contributed by atoms with Gasteiger partial charge in [-0.15, -0.1) is 11.8 Å². The first-order valence-electron chi connectivity index (χ1n) is 3.31. The zero-order valence-electron chi connectivity index (χ0n) is 6.51. The molecule has 1 aliphatic heterocycles. The van der Waals surface area contributed by atoms with Crippen molar-refractivity contribution in [3.8, 4) is 0 Å². The zero-order valence-corrected chi connectivity index (χ0v) is 7.33. The van der Waals surface area contributed by atoms with Crippen molar-refractivity contribution in [2.24, 2.45) is 5.41 Å². The van der Waals surface area contributed by atoms with E-state index >= 15 is 0 Å². The first-order chi connectivity index (χ1) is 4.50. The van der Waals surface area contributed by atoms with Crippen molar-refractivity contribution in [3.05, 3.63) is 0 Å². The molecule has 0 amide bonds. The number of hydrogen-bond acceptors (Lipinski definition) is 3. The van der Waals surface area contributed by atoms with E-state index in [1.165, 1.54) is 0 Å². The second-order valence-corrected chi connectivity index (χ2v) is 4.55. The predicted octanol–water partition coefficient (Wildman–Crippen LogP) is 1.65. The minimum atomic E-state index is -0.0788. The van der Waals surface area contributed by atoms with Crippen LogP contribution in [0.2, 0.25) is 0 Å². The predicted molar refractivity (Wildman–Crippen MR) is 41.8 cm³/mol. The molecule has 1 aliphatic rings. The lowest BCUT2D eigenvalue weighted by Crippen LogP contribution is -2.23. The average Bonchev–Trinajstić information content (AvgIpc) is 2.11. The van der Waals surface area contributed by atoms with Gasteiger partial charge in [0.1, 0.15) is 0 Å². The Morgan fingerprint density at radius 3 is 2.40 bits per heavy atom. The molecule has 1 heterocycles. The molecular formula is C7H12O2S. The van der Waals surface area contributed by atoms with Crippen molar-refractivity contribution < 1.29 is 9.53 Å². The van der Waals surface area contributed by atoms with Gasteiger partial charge in [0.05, 0.1) is 5.75 Å². The summed E-state index contributed by atoms with van der Waals surface area (Å²) in [7, 11) is 0. The second-order valence-electron chi connectivity index (χ2n) is 3.50. The van der Waals surface area contributed by atoms with E-state index in [-0.39, 0.29) is 16.8 Å². The summed E-state index contributed by atoms with van der Waals surface area (Å²) in [6.07, 6.45) is 0. The molecular weight excluding hydrogens is 148 g/mol. The third-order valence-corrected chi connectivity index (χ3v) is 2.81. The fourth-order valence-electron chi connectivity index (χ4n) is 0.758. The maximum Gasteiger partial charge on any atom is 0.317 e. The van der Waals surface area contributed by atoms with Gasteiger partial charge >= 0.3 is 5.97 Å². The molecule has 0 aromatic rings. The van der Waals surface area contributed by atoms with Crippen molar-refractivity contribution in [2.45, 2.75) is 26.2 Å². The summed E-state index contributed by atoms with van der Waals surface area (Å²) in [5.74, 6) is 0.437. The molecule has 1 atom stereocenters. The third-order valence-electron chi connectivity index (χ3n) is 1.30. The van der Waals surface area contributed by atoms with Crippen LogP contribution in [0.25, 0.3) is 0 Å². The number of carbonyl (C=O) groups excluding carboxylic acids is 1. The number of hydrogen-bond donors (Lipinski definition) is 0. The van der Waals surface area contributed by atoms with E-state index in [9.17, 15) is 4.79 Å². The fraction of sp³-hybridized carbons (Fsp3) is 0.857. The molecule has 0 spiro atoms. The molecule has 2 nitrogen and oxygen atoms in total. The first kappa shape index (κ1) is 7.92. The summed E-state index contributed by atoms with van der Waals surface area (Å²) in [6, 6.07) is 0. The number of ether oxygens (including phenoxy) is 1. The Labute approximate surface area is 65.3 Å². The highest BCUT2D eigenvalue weighted by Crippen LogP contribution is 2.35. The van der Waals surface area contributed by atoms with Crippen LogP contribution in [0.4, 0.5) is 0 Å². The highest BCUT2D eigenvalue weighted by atomic mass is 32.2. The Balaban J connectivity index is 2.53. The molecule has 0 bridgehead atoms. The Bertz CT molecular complexity index is 148. The van der Waals surface area contributed by atoms with Crippen LogP contribution >= 0.6 is 11.8 Å². The smallest absolute Gasteiger partial charge is 0.317 e. The largest absolute Gasteiger partial charge is 0.450 e. The lowest BCUT2D eigenvalue weighted by Gasteiger charge is -2.23. The molecule has 3 heteroatoms. The molecule has 1 saturated heterocycles. The van der Waals surface area contributed by atoms with Crippen LogP contribution in [-0.4, -0.2) is 17.2 Å². The van der Waals surface area contributed by atoms with E-state index in [0.717, 1.165) is 0 Å². The Kier molecular flexibility index (Phi) is 1.95. The molecule has 0 saturated carbocycles. The van der Waals surface area contributed by atoms with Crippen LogP contribution in [0.3, 0.4) is 0 Å². The van der Waals surface area contributed by atoms with Crippen LogP contribution in [0.1, 0.15) is 20.8 Å². The first-order valence-corrected chi connectivity index (χ1v) is 4.36. The van der Waals surface area contributed by atoms with Crippen molar-refractivity contribution in [2.75, 3.05) is 5.75 Å². The summed E-state index contributed by atoms with van der Waals surface area (Å²) in [5.41, 5.74) is 0.136. The summed E-state index contributed by atoms with van der Waals surface area (Å²) in [5, 5.41) is 0. The maximum absolute atomic E-state index is 10.7. The number of esters is 1. The molecule has 1 rings (SSSR count). The topological polar surface area (TPSA) is 26.3 Å². The van der Waals surface area contributed by atoms with E-state index in [1.807, 2.05) is 0 Å². The van der Waals surface area contributed by atoms with Gasteiger partial charge in [0.2, 0.25) is 0 Å². The molecule has 58 valence electrons. The lowest BCUT2D eigenvalue weighted by molar-refractivity contribution is -0.143. The molecule has 1 fully saturated rings. The number of thioether (sulfide) groups is 1. The minimum absolute atomic E-state index is 0.0556. The summed E-state index contributed by atoms with van der Waals surface area (Å²) in [4.78, 5) is 10.7. The van der Waals surface area contributed by atoms with Gasteiger partial charge in [0.25, 0.3) is 0 Å². The summed E-state index contributed by atoms with van der Waals surface area (Å²) < 4.78 is 5.05. The van der Waals surface area contributed by atoms with Gasteiger partial charge in [-0.05, 0) is 0 Å². The van der Waals surface area contributed by atoms with E-state index in [4.69, 9.17) is 4.74 Å². The van der Waals surface area contributed by atoms with Crippen molar-refractivity contribution in [1.82, 2.24) is 0 Å². The summed E-state index contributed by atoms with van der Waals surface area (Å²) >= 11 is 1.59. The van der Waals surface area contributed by atoms with Crippen molar-refractivity contribution in [1.29, 1.82) is 0 Å². The molecule has 0 N–H and O–H groups in total. The average molecular weight is 160 g/mol. The van der Waals surface area contributed by atoms with E-state index in [1.54, 1.807) is 11.8 Å². The van der Waals surface area contributed by atoms with Gasteiger partial charge in [0, 0.05) is 5.41 Å². The lowest BCUT2D eigenvalue weighted by atomic mass is 9.98. The number of cyclic esters (lactones) is 1. The molecule has 10 heavy (non-hydrogen) atoms. The van der Waals surface area contributed by atoms with Crippen LogP contribution in [0.5, 0.6) is 0 Å². The van der Waals surface area contributed by atoms with Gasteiger partial charge in [-0.1, -0.05) is 20.8 Å². The fourth-order valence-corrected chi connectivity index (χ4v) is 1.79. The maximum atomic E-state index is 10.7. The van der Waals surface area contributed by atoms with E-state index < -0.39 is 0 Å². The molecule has 0 aromatic carbocycles. The minimum Gasteiger partial charge on any atom is -0.450 e. The van der Waals surface area contributed by atoms with Crippen LogP contribution in [0.15, 0.2) is 0 Å². The van der Waals surface area contributed by atoms with Gasteiger partial charge in [-0.2, -0.15) is 0 Å². The molecule has 0 aliphatic carbocycles. The van der Waals surface area contributed by atoms with Gasteiger partial charge in [-0.3, -0.25) is 4.79 Å². The molecule has 0 radical (unpaired) electrons. The van der Waals surface area contributed by atoms with Crippen molar-refractivity contribution >= 4 is 17.7 Å². The van der Waals surface area contributed by atoms with Crippen LogP contribution < -0.4 is 0 Å². The normalized spacial score (nSPS) is 26.7. The van der Waals surface area contributed by atoms with Gasteiger partial charge < -0.3 is 4.74 Å². The summed E-state index contributed by atoms with van der Waals surface area (Å²) in [6.45, 7) is 6.22. The monoisotopic (exact) mass is 160 g/mol. The second kappa shape index (κ2) is 2.46. The van der Waals surface area contributed by atoms with Crippen LogP contribution in [0, 0.1) is 5.41 Å². The van der Waals surface area contributed by atoms with Gasteiger partial charge in [-0.25, -0.2) is 0 Å². The SMILES string of the molecule is CC(C)(C)C1OC(=O)CS1. The quantitative estimate of drug-likeness (QED) is 0.504. The third kappa shape index (κ3) is 1.66. The Morgan fingerprint density at radius 1 is 1.60 bits per heavy atom. The highest BCUT2D eigenvalue weighted by Gasteiger charge is 2.34. The standard InChI is InChI=1S/C7H12O2S/c1-7(2,3)6-9-5(8)4-10-6/h6H,4H2,1-3H3. The Hall–Kier alpha value is -0.180. The Morgan fingerprint density at radius 2 is 2.20 bits per heavy atom. The van der Waals surface area contributed by atoms with E-state index in [0.29, 0.717) is 5.75 Å². The van der Waals surface area contributed by atoms with E-state index in [2.05, 4.69) is 20.8 Å². The number of carbonyl (C=O) groups is 1. The highest BCUT2D eigenvalue weighted by molar-refractivity contribution is 8.00. The van der Waals surface area contributed by atoms with Gasteiger partial charge in [0.15, 0.2) is 5.44 Å². The zero-order chi connectivity index (χ0) is 7.78. The van der Waals surface area contributed by atoms with Crippen LogP contribution in [-0.2, 0) is 9.53 Å². The number of rotatable bonds is 0.